The van der Waals surface area contributed by atoms with E-state index in [1.165, 1.54) is 26.2 Å². The van der Waals surface area contributed by atoms with Crippen molar-refractivity contribution in [2.75, 3.05) is 33.5 Å². The molecule has 30 heteroatoms. The maximum Gasteiger partial charge on any atom is 0.303 e. The van der Waals surface area contributed by atoms with E-state index in [2.05, 4.69) is 18.5 Å². The molecule has 3 N–H and O–H groups in total. The molecule has 0 radical (unpaired) electrons. The Morgan fingerprint density at radius 1 is 0.427 bits per heavy atom. The van der Waals surface area contributed by atoms with Gasteiger partial charge in [-0.1, -0.05) is 199 Å². The van der Waals surface area contributed by atoms with Crippen molar-refractivity contribution in [1.82, 2.24) is 5.32 Å². The second-order valence-electron chi connectivity index (χ2n) is 27.0. The number of carbonyl (C=O) groups is 4. The Balaban J connectivity index is 1.10. The van der Waals surface area contributed by atoms with Crippen molar-refractivity contribution >= 4 is 58.6 Å². The molecule has 0 saturated carbocycles. The highest BCUT2D eigenvalue weighted by molar-refractivity contribution is 6.76. The number of carbonyl (C=O) groups excluding carboxylic acids is 4. The molecule has 1 unspecified atom stereocenters. The summed E-state index contributed by atoms with van der Waals surface area (Å²) in [5.74, 6) is -3.97. The third-order valence-corrected chi connectivity index (χ3v) is 19.3. The van der Waals surface area contributed by atoms with E-state index in [0.29, 0.717) is 0 Å². The molecule has 110 heavy (non-hydrogen) atoms. The molecule has 0 bridgehead atoms. The summed E-state index contributed by atoms with van der Waals surface area (Å²) in [6, 6.07) is 46.2. The van der Waals surface area contributed by atoms with Crippen LogP contribution < -0.4 is 5.32 Å². The average molecular weight is 1600 g/mol. The lowest BCUT2D eigenvalue weighted by Gasteiger charge is -2.52. The number of alkyl halides is 3. The van der Waals surface area contributed by atoms with Crippen LogP contribution in [0.3, 0.4) is 0 Å². The molecule has 25 atom stereocenters. The third-order valence-electron chi connectivity index (χ3n) is 18.8. The molecular weight excluding hydrogens is 1500 g/mol. The zero-order chi connectivity index (χ0) is 78.4. The summed E-state index contributed by atoms with van der Waals surface area (Å²) < 4.78 is 132. The van der Waals surface area contributed by atoms with Crippen LogP contribution in [0, 0.1) is 0 Å². The molecular formula is C80H98Cl3NO26. The number of nitrogens with one attached hydrogen (secondary N) is 1. The van der Waals surface area contributed by atoms with Gasteiger partial charge in [-0.05, 0) is 48.6 Å². The fourth-order valence-corrected chi connectivity index (χ4v) is 13.9. The minimum atomic E-state index is -2.75. The smallest absolute Gasteiger partial charge is 0.303 e. The first-order valence-electron chi connectivity index (χ1n) is 36.3. The number of ether oxygens (including phenoxy) is 20. The molecule has 5 heterocycles. The predicted octanol–water partition coefficient (Wildman–Crippen LogP) is 8.56. The quantitative estimate of drug-likeness (QED) is 0.0146. The monoisotopic (exact) mass is 1590 g/mol. The van der Waals surface area contributed by atoms with Crippen LogP contribution in [0.25, 0.3) is 0 Å². The van der Waals surface area contributed by atoms with Gasteiger partial charge in [0.2, 0.25) is 0 Å². The van der Waals surface area contributed by atoms with Gasteiger partial charge in [-0.15, -0.1) is 13.2 Å². The lowest BCUT2D eigenvalue weighted by atomic mass is 9.94. The zero-order valence-electron chi connectivity index (χ0n) is 62.1. The number of rotatable bonds is 36. The summed E-state index contributed by atoms with van der Waals surface area (Å²) in [7, 11) is 1.41. The Kier molecular flexibility index (Phi) is 32.9. The molecule has 0 aromatic heterocycles. The number of hydrogen-bond donors (Lipinski definition) is 3. The molecule has 5 aliphatic heterocycles. The lowest BCUT2D eigenvalue weighted by Crippen LogP contribution is -2.71. The van der Waals surface area contributed by atoms with E-state index >= 15 is 0 Å². The van der Waals surface area contributed by atoms with Gasteiger partial charge >= 0.3 is 17.9 Å². The van der Waals surface area contributed by atoms with Crippen molar-refractivity contribution < 1.29 is 124 Å². The molecule has 1 amide bonds. The maximum atomic E-state index is 14.3. The van der Waals surface area contributed by atoms with Crippen LogP contribution in [0.1, 0.15) is 69.4 Å². The Morgan fingerprint density at radius 2 is 0.791 bits per heavy atom. The summed E-state index contributed by atoms with van der Waals surface area (Å²) >= 11 is 19.0. The summed E-state index contributed by atoms with van der Waals surface area (Å²) in [5.41, 5.74) is 4.22. The van der Waals surface area contributed by atoms with Crippen LogP contribution in [0.15, 0.2) is 177 Å². The highest BCUT2D eigenvalue weighted by Crippen LogP contribution is 2.42. The molecule has 5 aromatic rings. The van der Waals surface area contributed by atoms with Crippen LogP contribution in [-0.4, -0.2) is 225 Å². The number of methoxy groups -OCH3 is 1. The van der Waals surface area contributed by atoms with Gasteiger partial charge in [0.1, 0.15) is 85.4 Å². The molecule has 600 valence electrons. The Bertz CT molecular complexity index is 3640. The summed E-state index contributed by atoms with van der Waals surface area (Å²) in [6.07, 6.45) is -30.8. The fourth-order valence-electron chi connectivity index (χ4n) is 13.8. The normalized spacial score (nSPS) is 32.5. The number of halogens is 3. The second-order valence-corrected chi connectivity index (χ2v) is 29.2. The van der Waals surface area contributed by atoms with Crippen LogP contribution in [0.5, 0.6) is 0 Å². The first kappa shape index (κ1) is 86.0. The minimum Gasteiger partial charge on any atom is -0.456 e. The summed E-state index contributed by atoms with van der Waals surface area (Å²) in [4.78, 5) is 52.8. The molecule has 5 saturated heterocycles. The summed E-state index contributed by atoms with van der Waals surface area (Å²) in [6.45, 7) is 15.2. The van der Waals surface area contributed by atoms with E-state index in [9.17, 15) is 29.4 Å². The largest absolute Gasteiger partial charge is 0.456 e. The van der Waals surface area contributed by atoms with Gasteiger partial charge in [-0.3, -0.25) is 19.2 Å². The molecule has 5 fully saturated rings. The number of aliphatic hydroxyl groups is 2. The van der Waals surface area contributed by atoms with Gasteiger partial charge in [0.05, 0.1) is 77.8 Å². The predicted molar refractivity (Wildman–Crippen MR) is 395 cm³/mol. The molecule has 5 aromatic carbocycles. The highest BCUT2D eigenvalue weighted by atomic mass is 35.6. The van der Waals surface area contributed by atoms with Crippen LogP contribution in [0.2, 0.25) is 0 Å². The standard InChI is InChI=1S/C80H98Cl3NO26/c1-10-37-93-61-46(3)100-77(71(66(61)94-38-11-2)109-74-59(84-79(90)80(81,82)83)65(60(89)57(39-85)105-74)107-78-73(104-51(8)88)69(103-50(7)87)63(48(5)101-78)102-49(6)86)110-72-68(62(47(4)99-75(72)91-9)95-41-53-29-19-13-20-30-53)108-76-70(98-44-56-35-25-16-26-36-56)67(97-43-55-33-23-15-24-34-55)64(96-42-54-31-21-14-22-32-54)58(106-76)45-92-40-52-27-17-12-18-28-52/h10-36,46-48,57-78,85,89H,1-2,37-45H2,3-9H3,(H,84,90)/t46-,47-,48-,57+,58?,59+,60+,61-,62-,63-,64+,65+,66+,67-,68+,69+,70+,71+,72+,73+,74-,75+,76+,77-,78-/m0/s1. The molecule has 0 spiro atoms. The van der Waals surface area contributed by atoms with Crippen molar-refractivity contribution in [2.45, 2.75) is 232 Å². The minimum absolute atomic E-state index is 0.0184. The molecule has 27 nitrogen and oxygen atoms in total. The summed E-state index contributed by atoms with van der Waals surface area (Å²) in [5, 5.41) is 26.2. The van der Waals surface area contributed by atoms with E-state index in [0.717, 1.165) is 48.6 Å². The second kappa shape index (κ2) is 42.1. The van der Waals surface area contributed by atoms with Gasteiger partial charge < -0.3 is 110 Å². The molecule has 0 aliphatic carbocycles. The third kappa shape index (κ3) is 23.4. The number of benzene rings is 5. The Hall–Kier alpha value is -6.43. The Morgan fingerprint density at radius 3 is 1.27 bits per heavy atom. The van der Waals surface area contributed by atoms with Gasteiger partial charge in [-0.25, -0.2) is 0 Å². The van der Waals surface area contributed by atoms with E-state index in [4.69, 9.17) is 130 Å². The van der Waals surface area contributed by atoms with Gasteiger partial charge in [0, 0.05) is 27.9 Å². The van der Waals surface area contributed by atoms with Crippen molar-refractivity contribution in [1.29, 1.82) is 0 Å². The van der Waals surface area contributed by atoms with Gasteiger partial charge in [0.25, 0.3) is 9.70 Å². The van der Waals surface area contributed by atoms with Gasteiger partial charge in [-0.2, -0.15) is 0 Å². The van der Waals surface area contributed by atoms with Crippen LogP contribution in [0.4, 0.5) is 0 Å². The topological polar surface area (TPSA) is 305 Å². The van der Waals surface area contributed by atoms with E-state index in [1.807, 2.05) is 152 Å². The molecule has 10 rings (SSSR count). The van der Waals surface area contributed by atoms with Crippen molar-refractivity contribution in [3.05, 3.63) is 205 Å². The van der Waals surface area contributed by atoms with E-state index < -0.39 is 188 Å². The van der Waals surface area contributed by atoms with Gasteiger partial charge in [0.15, 0.2) is 49.8 Å². The first-order chi connectivity index (χ1) is 53.0. The molecule has 5 aliphatic rings. The SMILES string of the molecule is C=CCO[C@@H]1[C@@H](OCC=C)[C@H](C)O[C@@H](O[C@H]2[C@H](OC)O[C@@H](C)[C@H](OCc3ccccc3)[C@H]2O[C@H]2OC(COCc3ccccc3)[C@@H](OCc3ccccc3)[C@H](OCc3ccccc3)[C@H]2OCc2ccccc2)[C@@H]1O[C@@H]1O[C@H](CO)[C@@H](O)[C@H](O[C@@H]2O[C@@H](C)[C@H](OC(C)=O)[C@@H](OC(C)=O)[C@H]2OC(C)=O)[C@H]1NC(=O)C(Cl)(Cl)Cl. The average Bonchev–Trinajstić information content (AvgIpc) is 0.760. The zero-order valence-corrected chi connectivity index (χ0v) is 64.4. The van der Waals surface area contributed by atoms with Crippen molar-refractivity contribution in [3.8, 4) is 0 Å². The first-order valence-corrected chi connectivity index (χ1v) is 37.5. The number of amides is 1. The van der Waals surface area contributed by atoms with E-state index in [1.54, 1.807) is 13.8 Å². The fraction of sp³-hybridized carbons (Fsp3) is 0.525. The highest BCUT2D eigenvalue weighted by Gasteiger charge is 2.60. The lowest BCUT2D eigenvalue weighted by molar-refractivity contribution is -0.407. The van der Waals surface area contributed by atoms with E-state index in [-0.39, 0.29) is 52.9 Å². The maximum absolute atomic E-state index is 14.3. The van der Waals surface area contributed by atoms with Crippen LogP contribution in [-0.2, 0) is 147 Å². The number of esters is 3. The number of hydrogen-bond acceptors (Lipinski definition) is 26. The number of aliphatic hydroxyl groups excluding tert-OH is 2. The Labute approximate surface area is 654 Å². The van der Waals surface area contributed by atoms with Crippen molar-refractivity contribution in [2.24, 2.45) is 0 Å². The van der Waals surface area contributed by atoms with Crippen LogP contribution >= 0.6 is 34.8 Å². The van der Waals surface area contributed by atoms with Crippen molar-refractivity contribution in [3.63, 3.8) is 0 Å².